The Kier molecular flexibility index (Phi) is 9.59. The largest absolute Gasteiger partial charge is 0.486 e. The molecule has 0 aliphatic carbocycles. The molecule has 0 amide bonds. The topological polar surface area (TPSA) is 88.1 Å². The summed E-state index contributed by atoms with van der Waals surface area (Å²) in [5.74, 6) is -0.573. The van der Waals surface area contributed by atoms with Crippen LogP contribution in [-0.2, 0) is 19.1 Å². The van der Waals surface area contributed by atoms with Gasteiger partial charge in [-0.25, -0.2) is 14.4 Å². The van der Waals surface area contributed by atoms with E-state index in [1.54, 1.807) is 45.0 Å². The van der Waals surface area contributed by atoms with Gasteiger partial charge in [-0.15, -0.1) is 0 Å². The molecule has 0 spiro atoms. The molecule has 7 heteroatoms. The molecule has 0 aromatic heterocycles. The molecule has 0 N–H and O–H groups in total. The third-order valence-corrected chi connectivity index (χ3v) is 5.38. The molecule has 0 fully saturated rings. The number of benzene rings is 3. The summed E-state index contributed by atoms with van der Waals surface area (Å²) in [5.41, 5.74) is 4.52. The van der Waals surface area contributed by atoms with Crippen molar-refractivity contribution >= 4 is 17.9 Å². The van der Waals surface area contributed by atoms with Crippen LogP contribution in [0.3, 0.4) is 0 Å². The molecule has 3 rings (SSSR count). The van der Waals surface area contributed by atoms with Gasteiger partial charge in [0, 0.05) is 16.7 Å². The second kappa shape index (κ2) is 13.1. The van der Waals surface area contributed by atoms with Crippen LogP contribution < -0.4 is 14.2 Å². The van der Waals surface area contributed by atoms with Crippen LogP contribution >= 0.6 is 0 Å². The maximum Gasteiger partial charge on any atom is 0.338 e. The van der Waals surface area contributed by atoms with E-state index >= 15 is 0 Å². The quantitative estimate of drug-likeness (QED) is 0.122. The lowest BCUT2D eigenvalue weighted by molar-refractivity contribution is -0.139. The van der Waals surface area contributed by atoms with Gasteiger partial charge in [0.1, 0.15) is 19.0 Å². The van der Waals surface area contributed by atoms with Crippen molar-refractivity contribution in [2.75, 3.05) is 13.2 Å². The number of carbonyl (C=O) groups is 3. The summed E-state index contributed by atoms with van der Waals surface area (Å²) in [4.78, 5) is 35.4. The molecule has 3 aromatic rings. The molecule has 39 heavy (non-hydrogen) atoms. The van der Waals surface area contributed by atoms with E-state index in [4.69, 9.17) is 18.9 Å². The Morgan fingerprint density at radius 3 is 1.56 bits per heavy atom. The van der Waals surface area contributed by atoms with E-state index in [2.05, 4.69) is 19.7 Å². The SMILES string of the molecule is C=C(C)C(=O)OCCOc1cc(-c2ccc(-c3ccc(OC(=O)C(=C)C)cc3)cc2)ccc1OC(=O)C(=C)C. The predicted octanol–water partition coefficient (Wildman–Crippen LogP) is 6.48. The zero-order valence-corrected chi connectivity index (χ0v) is 22.2. The molecule has 3 aromatic carbocycles. The first-order chi connectivity index (χ1) is 18.5. The molecule has 0 bridgehead atoms. The molecule has 0 atom stereocenters. The highest BCUT2D eigenvalue weighted by Gasteiger charge is 2.14. The normalized spacial score (nSPS) is 10.2. The summed E-state index contributed by atoms with van der Waals surface area (Å²) in [6, 6.07) is 20.3. The molecule has 0 aliphatic rings. The van der Waals surface area contributed by atoms with E-state index in [0.717, 1.165) is 22.3 Å². The Morgan fingerprint density at radius 1 is 0.564 bits per heavy atom. The summed E-state index contributed by atoms with van der Waals surface area (Å²) < 4.78 is 21.5. The third-order valence-electron chi connectivity index (χ3n) is 5.38. The molecule has 0 saturated heterocycles. The van der Waals surface area contributed by atoms with E-state index < -0.39 is 17.9 Å². The van der Waals surface area contributed by atoms with Gasteiger partial charge >= 0.3 is 17.9 Å². The number of hydrogen-bond donors (Lipinski definition) is 0. The fraction of sp³-hybridized carbons (Fsp3) is 0.156. The fourth-order valence-corrected chi connectivity index (χ4v) is 3.25. The van der Waals surface area contributed by atoms with Crippen molar-refractivity contribution in [3.8, 4) is 39.5 Å². The van der Waals surface area contributed by atoms with Crippen molar-refractivity contribution in [1.29, 1.82) is 0 Å². The molecule has 0 aliphatic heterocycles. The van der Waals surface area contributed by atoms with Gasteiger partial charge in [-0.2, -0.15) is 0 Å². The summed E-state index contributed by atoms with van der Waals surface area (Å²) in [6.45, 7) is 15.5. The molecular weight excluding hydrogens is 496 g/mol. The summed E-state index contributed by atoms with van der Waals surface area (Å²) >= 11 is 0. The van der Waals surface area contributed by atoms with Crippen LogP contribution in [0.25, 0.3) is 22.3 Å². The van der Waals surface area contributed by atoms with Crippen molar-refractivity contribution in [2.45, 2.75) is 20.8 Å². The van der Waals surface area contributed by atoms with Crippen molar-refractivity contribution in [1.82, 2.24) is 0 Å². The number of rotatable bonds is 11. The maximum absolute atomic E-state index is 12.1. The van der Waals surface area contributed by atoms with Gasteiger partial charge in [0.15, 0.2) is 11.5 Å². The minimum absolute atomic E-state index is 0.00365. The minimum atomic E-state index is -0.578. The lowest BCUT2D eigenvalue weighted by Gasteiger charge is -2.14. The first-order valence-corrected chi connectivity index (χ1v) is 12.1. The Balaban J connectivity index is 1.78. The first kappa shape index (κ1) is 28.7. The Labute approximate surface area is 228 Å². The summed E-state index contributed by atoms with van der Waals surface area (Å²) in [7, 11) is 0. The van der Waals surface area contributed by atoms with Gasteiger partial charge < -0.3 is 18.9 Å². The second-order valence-corrected chi connectivity index (χ2v) is 8.87. The Bertz CT molecular complexity index is 1410. The standard InChI is InChI=1S/C32H30O7/c1-20(2)30(33)37-18-17-36-29-19-26(13-16-28(29)39-32(35)22(5)6)25-9-7-23(8-10-25)24-11-14-27(15-12-24)38-31(34)21(3)4/h7-16,19H,1,3,5,17-18H2,2,4,6H3. The van der Waals surface area contributed by atoms with Gasteiger partial charge in [-0.1, -0.05) is 62.2 Å². The van der Waals surface area contributed by atoms with E-state index in [0.29, 0.717) is 22.6 Å². The minimum Gasteiger partial charge on any atom is -0.486 e. The fourth-order valence-electron chi connectivity index (χ4n) is 3.25. The summed E-state index contributed by atoms with van der Waals surface area (Å²) in [6.07, 6.45) is 0. The zero-order chi connectivity index (χ0) is 28.5. The van der Waals surface area contributed by atoms with Crippen LogP contribution in [0.2, 0.25) is 0 Å². The van der Waals surface area contributed by atoms with E-state index in [9.17, 15) is 14.4 Å². The average molecular weight is 527 g/mol. The molecular formula is C32H30O7. The highest BCUT2D eigenvalue weighted by atomic mass is 16.6. The molecule has 0 radical (unpaired) electrons. The molecule has 0 unspecified atom stereocenters. The van der Waals surface area contributed by atoms with E-state index in [1.807, 2.05) is 42.5 Å². The van der Waals surface area contributed by atoms with Gasteiger partial charge in [-0.3, -0.25) is 0 Å². The van der Waals surface area contributed by atoms with Gasteiger partial charge in [-0.05, 0) is 67.3 Å². The van der Waals surface area contributed by atoms with Crippen molar-refractivity contribution in [2.24, 2.45) is 0 Å². The highest BCUT2D eigenvalue weighted by Crippen LogP contribution is 2.34. The lowest BCUT2D eigenvalue weighted by Crippen LogP contribution is -2.14. The van der Waals surface area contributed by atoms with E-state index in [1.165, 1.54) is 0 Å². The predicted molar refractivity (Wildman–Crippen MR) is 149 cm³/mol. The maximum atomic E-state index is 12.1. The molecule has 0 heterocycles. The van der Waals surface area contributed by atoms with Crippen LogP contribution in [0.5, 0.6) is 17.2 Å². The van der Waals surface area contributed by atoms with Gasteiger partial charge in [0.05, 0.1) is 0 Å². The summed E-state index contributed by atoms with van der Waals surface area (Å²) in [5, 5.41) is 0. The Morgan fingerprint density at radius 2 is 1.03 bits per heavy atom. The average Bonchev–Trinajstić information content (AvgIpc) is 2.92. The zero-order valence-electron chi connectivity index (χ0n) is 22.2. The smallest absolute Gasteiger partial charge is 0.338 e. The number of hydrogen-bond acceptors (Lipinski definition) is 7. The van der Waals surface area contributed by atoms with Crippen molar-refractivity contribution < 1.29 is 33.3 Å². The molecule has 200 valence electrons. The number of esters is 3. The monoisotopic (exact) mass is 526 g/mol. The van der Waals surface area contributed by atoms with Crippen molar-refractivity contribution in [3.05, 3.63) is 103 Å². The van der Waals surface area contributed by atoms with Gasteiger partial charge in [0.25, 0.3) is 0 Å². The van der Waals surface area contributed by atoms with Gasteiger partial charge in [0.2, 0.25) is 0 Å². The Hall–Kier alpha value is -4.91. The van der Waals surface area contributed by atoms with Crippen LogP contribution in [0.4, 0.5) is 0 Å². The second-order valence-electron chi connectivity index (χ2n) is 8.87. The van der Waals surface area contributed by atoms with Crippen LogP contribution in [0.15, 0.2) is 103 Å². The van der Waals surface area contributed by atoms with Crippen LogP contribution in [0, 0.1) is 0 Å². The van der Waals surface area contributed by atoms with Crippen LogP contribution in [0.1, 0.15) is 20.8 Å². The van der Waals surface area contributed by atoms with Crippen molar-refractivity contribution in [3.63, 3.8) is 0 Å². The number of carbonyl (C=O) groups excluding carboxylic acids is 3. The third kappa shape index (κ3) is 8.04. The lowest BCUT2D eigenvalue weighted by atomic mass is 10.00. The van der Waals surface area contributed by atoms with E-state index in [-0.39, 0.29) is 24.5 Å². The first-order valence-electron chi connectivity index (χ1n) is 12.1. The molecule has 0 saturated carbocycles. The highest BCUT2D eigenvalue weighted by molar-refractivity contribution is 5.90. The number of ether oxygens (including phenoxy) is 4. The van der Waals surface area contributed by atoms with Crippen LogP contribution in [-0.4, -0.2) is 31.1 Å². The molecule has 7 nitrogen and oxygen atoms in total.